The van der Waals surface area contributed by atoms with Crippen LogP contribution in [0.25, 0.3) is 0 Å². The van der Waals surface area contributed by atoms with Gasteiger partial charge in [-0.2, -0.15) is 4.98 Å². The maximum atomic E-state index is 12.0. The van der Waals surface area contributed by atoms with Crippen LogP contribution in [0.1, 0.15) is 20.1 Å². The van der Waals surface area contributed by atoms with Gasteiger partial charge in [-0.3, -0.25) is 4.57 Å². The molecule has 9 heteroatoms. The molecule has 0 aromatic carbocycles. The zero-order chi connectivity index (χ0) is 15.4. The lowest BCUT2D eigenvalue weighted by Gasteiger charge is -2.24. The Labute approximate surface area is 125 Å². The minimum absolute atomic E-state index is 0.0462. The fraction of sp³-hybridized carbons (Fsp3) is 0.667. The maximum Gasteiger partial charge on any atom is 0.351 e. The van der Waals surface area contributed by atoms with Crippen LogP contribution in [-0.2, 0) is 14.2 Å². The zero-order valence-corrected chi connectivity index (χ0v) is 12.3. The summed E-state index contributed by atoms with van der Waals surface area (Å²) < 4.78 is 18.4. The number of fused-ring (bicyclic) bond motifs is 1. The van der Waals surface area contributed by atoms with Crippen LogP contribution in [0.3, 0.4) is 0 Å². The van der Waals surface area contributed by atoms with E-state index in [1.165, 1.54) is 10.8 Å². The van der Waals surface area contributed by atoms with Crippen LogP contribution in [0.4, 0.5) is 5.82 Å². The predicted molar refractivity (Wildman–Crippen MR) is 72.7 cm³/mol. The third-order valence-electron chi connectivity index (χ3n) is 3.51. The molecule has 3 rings (SSSR count). The van der Waals surface area contributed by atoms with Crippen LogP contribution < -0.4 is 11.4 Å². The first kappa shape index (κ1) is 14.7. The summed E-state index contributed by atoms with van der Waals surface area (Å²) in [4.78, 5) is 15.6. The Kier molecular flexibility index (Phi) is 3.45. The van der Waals surface area contributed by atoms with Crippen molar-refractivity contribution in [2.75, 3.05) is 12.3 Å². The SMILES string of the molecule is CC1(C)O[C@@H]2[C@H](O1)[C@H](n1cc(Cl)c(N)nc1=O)O[C@@H]2CO. The van der Waals surface area contributed by atoms with Crippen LogP contribution in [0.15, 0.2) is 11.0 Å². The Morgan fingerprint density at radius 2 is 2.14 bits per heavy atom. The highest BCUT2D eigenvalue weighted by molar-refractivity contribution is 6.32. The van der Waals surface area contributed by atoms with Crippen molar-refractivity contribution in [3.8, 4) is 0 Å². The summed E-state index contributed by atoms with van der Waals surface area (Å²) in [6, 6.07) is 0. The normalized spacial score (nSPS) is 34.1. The molecule has 0 saturated carbocycles. The van der Waals surface area contributed by atoms with Crippen molar-refractivity contribution >= 4 is 17.4 Å². The van der Waals surface area contributed by atoms with E-state index in [1.54, 1.807) is 13.8 Å². The number of aliphatic hydroxyl groups excluding tert-OH is 1. The molecule has 8 nitrogen and oxygen atoms in total. The summed E-state index contributed by atoms with van der Waals surface area (Å²) in [5, 5.41) is 9.55. The van der Waals surface area contributed by atoms with E-state index >= 15 is 0 Å². The molecule has 2 saturated heterocycles. The molecule has 3 N–H and O–H groups in total. The molecule has 0 spiro atoms. The van der Waals surface area contributed by atoms with Gasteiger partial charge in [-0.1, -0.05) is 11.6 Å². The third-order valence-corrected chi connectivity index (χ3v) is 3.80. The highest BCUT2D eigenvalue weighted by atomic mass is 35.5. The second-order valence-corrected chi connectivity index (χ2v) is 5.88. The van der Waals surface area contributed by atoms with Gasteiger partial charge in [0.25, 0.3) is 0 Å². The molecule has 21 heavy (non-hydrogen) atoms. The molecule has 4 atom stereocenters. The predicted octanol–water partition coefficient (Wildman–Crippen LogP) is -0.111. The molecular weight excluding hydrogens is 302 g/mol. The fourth-order valence-electron chi connectivity index (χ4n) is 2.67. The fourth-order valence-corrected chi connectivity index (χ4v) is 2.82. The Morgan fingerprint density at radius 1 is 1.48 bits per heavy atom. The Morgan fingerprint density at radius 3 is 2.81 bits per heavy atom. The summed E-state index contributed by atoms with van der Waals surface area (Å²) in [5.74, 6) is -0.866. The number of aromatic nitrogens is 2. The van der Waals surface area contributed by atoms with Gasteiger partial charge in [-0.25, -0.2) is 4.79 Å². The lowest BCUT2D eigenvalue weighted by atomic mass is 10.1. The number of aliphatic hydroxyl groups is 1. The molecule has 2 fully saturated rings. The molecule has 1 aromatic heterocycles. The number of nitrogens with two attached hydrogens (primary N) is 1. The molecule has 116 valence electrons. The highest BCUT2D eigenvalue weighted by Crippen LogP contribution is 2.42. The molecular formula is C12H16ClN3O5. The van der Waals surface area contributed by atoms with Gasteiger partial charge in [0.15, 0.2) is 12.0 Å². The van der Waals surface area contributed by atoms with Crippen molar-refractivity contribution in [2.24, 2.45) is 0 Å². The van der Waals surface area contributed by atoms with Gasteiger partial charge < -0.3 is 25.1 Å². The van der Waals surface area contributed by atoms with Gasteiger partial charge in [-0.15, -0.1) is 0 Å². The Hall–Kier alpha value is -1.19. The molecule has 0 bridgehead atoms. The Balaban J connectivity index is 1.99. The number of hydrogen-bond donors (Lipinski definition) is 2. The summed E-state index contributed by atoms with van der Waals surface area (Å²) in [6.07, 6.45) is -1.05. The summed E-state index contributed by atoms with van der Waals surface area (Å²) >= 11 is 5.91. The van der Waals surface area contributed by atoms with Crippen molar-refractivity contribution in [3.63, 3.8) is 0 Å². The maximum absolute atomic E-state index is 12.0. The number of rotatable bonds is 2. The van der Waals surface area contributed by atoms with E-state index in [-0.39, 0.29) is 17.4 Å². The van der Waals surface area contributed by atoms with E-state index in [9.17, 15) is 9.90 Å². The number of anilines is 1. The summed E-state index contributed by atoms with van der Waals surface area (Å²) in [6.45, 7) is 3.27. The zero-order valence-electron chi connectivity index (χ0n) is 11.5. The largest absolute Gasteiger partial charge is 0.394 e. The van der Waals surface area contributed by atoms with E-state index in [4.69, 9.17) is 31.5 Å². The standard InChI is InChI=1S/C12H16ClN3O5/c1-12(2)20-7-6(4-17)19-10(8(7)21-12)16-3-5(13)9(14)15-11(16)18/h3,6-8,10,17H,4H2,1-2H3,(H2,14,15,18)/t6-,7+,8+,10-/m1/s1. The van der Waals surface area contributed by atoms with Crippen LogP contribution in [0.2, 0.25) is 5.02 Å². The van der Waals surface area contributed by atoms with E-state index in [2.05, 4.69) is 4.98 Å². The first-order valence-corrected chi connectivity index (χ1v) is 6.86. The lowest BCUT2D eigenvalue weighted by Crippen LogP contribution is -2.35. The van der Waals surface area contributed by atoms with E-state index in [1.807, 2.05) is 0 Å². The molecule has 2 aliphatic heterocycles. The van der Waals surface area contributed by atoms with Gasteiger partial charge in [0.05, 0.1) is 11.6 Å². The van der Waals surface area contributed by atoms with Gasteiger partial charge in [0.2, 0.25) is 0 Å². The number of nitrogens with zero attached hydrogens (tertiary/aromatic N) is 2. The van der Waals surface area contributed by atoms with Crippen molar-refractivity contribution in [2.45, 2.75) is 44.2 Å². The number of halogens is 1. The number of hydrogen-bond acceptors (Lipinski definition) is 7. The molecule has 0 amide bonds. The molecule has 0 aliphatic carbocycles. The number of nitrogen functional groups attached to an aromatic ring is 1. The van der Waals surface area contributed by atoms with E-state index in [0.717, 1.165) is 0 Å². The summed E-state index contributed by atoms with van der Waals surface area (Å²) in [7, 11) is 0. The first-order chi connectivity index (χ1) is 9.82. The highest BCUT2D eigenvalue weighted by Gasteiger charge is 2.55. The molecule has 0 radical (unpaired) electrons. The molecule has 3 heterocycles. The third kappa shape index (κ3) is 2.43. The first-order valence-electron chi connectivity index (χ1n) is 6.48. The lowest BCUT2D eigenvalue weighted by molar-refractivity contribution is -0.200. The average molecular weight is 318 g/mol. The minimum atomic E-state index is -0.820. The minimum Gasteiger partial charge on any atom is -0.394 e. The van der Waals surface area contributed by atoms with E-state index < -0.39 is 36.0 Å². The van der Waals surface area contributed by atoms with Crippen LogP contribution in [0.5, 0.6) is 0 Å². The van der Waals surface area contributed by atoms with Crippen molar-refractivity contribution in [1.82, 2.24) is 9.55 Å². The molecule has 1 aromatic rings. The monoisotopic (exact) mass is 317 g/mol. The van der Waals surface area contributed by atoms with Crippen LogP contribution >= 0.6 is 11.6 Å². The Bertz CT molecular complexity index is 619. The van der Waals surface area contributed by atoms with Crippen LogP contribution in [0, 0.1) is 0 Å². The van der Waals surface area contributed by atoms with Gasteiger partial charge in [0.1, 0.15) is 24.1 Å². The smallest absolute Gasteiger partial charge is 0.351 e. The molecule has 2 aliphatic rings. The second kappa shape index (κ2) is 4.92. The van der Waals surface area contributed by atoms with Crippen molar-refractivity contribution in [3.05, 3.63) is 21.7 Å². The summed E-state index contributed by atoms with van der Waals surface area (Å²) in [5.41, 5.74) is 4.89. The van der Waals surface area contributed by atoms with Crippen LogP contribution in [-0.4, -0.2) is 45.4 Å². The molecule has 0 unspecified atom stereocenters. The van der Waals surface area contributed by atoms with Crippen molar-refractivity contribution in [1.29, 1.82) is 0 Å². The second-order valence-electron chi connectivity index (χ2n) is 5.48. The van der Waals surface area contributed by atoms with Crippen molar-refractivity contribution < 1.29 is 19.3 Å². The van der Waals surface area contributed by atoms with Gasteiger partial charge in [-0.05, 0) is 13.8 Å². The number of ether oxygens (including phenoxy) is 3. The quantitative estimate of drug-likeness (QED) is 0.783. The average Bonchev–Trinajstić information content (AvgIpc) is 2.87. The van der Waals surface area contributed by atoms with E-state index in [0.29, 0.717) is 0 Å². The van der Waals surface area contributed by atoms with Gasteiger partial charge >= 0.3 is 5.69 Å². The van der Waals surface area contributed by atoms with Gasteiger partial charge in [0, 0.05) is 6.20 Å². The topological polar surface area (TPSA) is 109 Å².